The van der Waals surface area contributed by atoms with Gasteiger partial charge in [-0.3, -0.25) is 4.98 Å². The maximum Gasteiger partial charge on any atom is 0.0897 e. The van der Waals surface area contributed by atoms with Gasteiger partial charge in [0.25, 0.3) is 0 Å². The normalized spacial score (nSPS) is 10.6. The van der Waals surface area contributed by atoms with Gasteiger partial charge >= 0.3 is 0 Å². The molecule has 0 fully saturated rings. The summed E-state index contributed by atoms with van der Waals surface area (Å²) in [5, 5.41) is 6.59. The van der Waals surface area contributed by atoms with Gasteiger partial charge in [0, 0.05) is 36.8 Å². The second kappa shape index (κ2) is 5.72. The Morgan fingerprint density at radius 1 is 1.31 bits per heavy atom. The monoisotopic (exact) mass is 233 g/mol. The zero-order chi connectivity index (χ0) is 11.2. The number of hydrogen-bond donors (Lipinski definition) is 1. The molecular formula is C12H15N3S. The molecule has 0 saturated heterocycles. The number of nitrogens with one attached hydrogen (secondary N) is 1. The molecule has 0 unspecified atom stereocenters. The molecule has 3 nitrogen and oxygen atoms in total. The molecule has 2 heterocycles. The molecule has 0 atom stereocenters. The predicted octanol–water partition coefficient (Wildman–Crippen LogP) is 2.18. The Hall–Kier alpha value is -1.26. The van der Waals surface area contributed by atoms with Gasteiger partial charge in [0.2, 0.25) is 0 Å². The molecule has 2 aromatic heterocycles. The number of thiazole rings is 1. The lowest BCUT2D eigenvalue weighted by Gasteiger charge is -2.02. The second-order valence-electron chi connectivity index (χ2n) is 3.61. The summed E-state index contributed by atoms with van der Waals surface area (Å²) in [6.07, 6.45) is 2.79. The molecule has 1 N–H and O–H groups in total. The summed E-state index contributed by atoms with van der Waals surface area (Å²) in [4.78, 5) is 8.67. The molecule has 2 aromatic rings. The van der Waals surface area contributed by atoms with Gasteiger partial charge in [0.1, 0.15) is 0 Å². The zero-order valence-electron chi connectivity index (χ0n) is 9.31. The summed E-state index contributed by atoms with van der Waals surface area (Å²) < 4.78 is 0. The number of nitrogens with zero attached hydrogens (tertiary/aromatic N) is 2. The Labute approximate surface area is 99.6 Å². The third-order valence-electron chi connectivity index (χ3n) is 2.26. The van der Waals surface area contributed by atoms with E-state index in [0.29, 0.717) is 0 Å². The van der Waals surface area contributed by atoms with Gasteiger partial charge in [-0.1, -0.05) is 6.07 Å². The highest BCUT2D eigenvalue weighted by molar-refractivity contribution is 7.09. The van der Waals surface area contributed by atoms with Gasteiger partial charge in [0.05, 0.1) is 10.7 Å². The smallest absolute Gasteiger partial charge is 0.0897 e. The Kier molecular flexibility index (Phi) is 4.02. The van der Waals surface area contributed by atoms with Gasteiger partial charge in [-0.25, -0.2) is 4.98 Å². The Morgan fingerprint density at radius 3 is 2.94 bits per heavy atom. The van der Waals surface area contributed by atoms with Crippen molar-refractivity contribution < 1.29 is 0 Å². The van der Waals surface area contributed by atoms with Crippen LogP contribution in [0.5, 0.6) is 0 Å². The molecule has 0 aliphatic heterocycles. The number of hydrogen-bond acceptors (Lipinski definition) is 4. The fourth-order valence-electron chi connectivity index (χ4n) is 1.47. The van der Waals surface area contributed by atoms with Crippen LogP contribution in [0.1, 0.15) is 16.4 Å². The van der Waals surface area contributed by atoms with E-state index >= 15 is 0 Å². The van der Waals surface area contributed by atoms with Crippen LogP contribution in [0.15, 0.2) is 29.8 Å². The summed E-state index contributed by atoms with van der Waals surface area (Å²) >= 11 is 1.70. The minimum absolute atomic E-state index is 0.844. The van der Waals surface area contributed by atoms with Crippen molar-refractivity contribution in [1.29, 1.82) is 0 Å². The maximum absolute atomic E-state index is 4.40. The van der Waals surface area contributed by atoms with Gasteiger partial charge in [-0.05, 0) is 19.1 Å². The van der Waals surface area contributed by atoms with Gasteiger partial charge in [-0.15, -0.1) is 11.3 Å². The van der Waals surface area contributed by atoms with Crippen LogP contribution in [0.2, 0.25) is 0 Å². The van der Waals surface area contributed by atoms with Gasteiger partial charge < -0.3 is 5.32 Å². The fraction of sp³-hybridized carbons (Fsp3) is 0.333. The van der Waals surface area contributed by atoms with Crippen LogP contribution in [-0.2, 0) is 13.0 Å². The first kappa shape index (κ1) is 11.2. The van der Waals surface area contributed by atoms with Crippen LogP contribution < -0.4 is 5.32 Å². The van der Waals surface area contributed by atoms with E-state index in [9.17, 15) is 0 Å². The van der Waals surface area contributed by atoms with Crippen LogP contribution in [0.4, 0.5) is 0 Å². The molecule has 4 heteroatoms. The topological polar surface area (TPSA) is 37.8 Å². The van der Waals surface area contributed by atoms with E-state index < -0.39 is 0 Å². The molecule has 0 aliphatic rings. The van der Waals surface area contributed by atoms with Crippen molar-refractivity contribution in [3.05, 3.63) is 46.2 Å². The largest absolute Gasteiger partial charge is 0.311 e. The Bertz CT molecular complexity index is 425. The first-order chi connectivity index (χ1) is 7.84. The zero-order valence-corrected chi connectivity index (χ0v) is 10.1. The highest BCUT2D eigenvalue weighted by atomic mass is 32.1. The second-order valence-corrected chi connectivity index (χ2v) is 4.67. The standard InChI is InChI=1S/C12H15N3S/c1-10-15-12(9-16-10)8-13-7-5-11-4-2-3-6-14-11/h2-4,6,9,13H,5,7-8H2,1H3. The summed E-state index contributed by atoms with van der Waals surface area (Å²) in [6, 6.07) is 6.01. The summed E-state index contributed by atoms with van der Waals surface area (Å²) in [6.45, 7) is 3.81. The lowest BCUT2D eigenvalue weighted by molar-refractivity contribution is 0.670. The molecule has 0 aliphatic carbocycles. The van der Waals surface area contributed by atoms with Crippen LogP contribution >= 0.6 is 11.3 Å². The van der Waals surface area contributed by atoms with E-state index in [1.54, 1.807) is 11.3 Å². The molecule has 0 aromatic carbocycles. The van der Waals surface area contributed by atoms with E-state index in [1.165, 1.54) is 0 Å². The number of rotatable bonds is 5. The molecule has 2 rings (SSSR count). The third kappa shape index (κ3) is 3.40. The SMILES string of the molecule is Cc1nc(CNCCc2ccccn2)cs1. The molecule has 0 saturated carbocycles. The molecule has 0 amide bonds. The number of aryl methyl sites for hydroxylation is 1. The Morgan fingerprint density at radius 2 is 2.25 bits per heavy atom. The average molecular weight is 233 g/mol. The van der Waals surface area contributed by atoms with Crippen molar-refractivity contribution in [3.8, 4) is 0 Å². The predicted molar refractivity (Wildman–Crippen MR) is 66.5 cm³/mol. The van der Waals surface area contributed by atoms with E-state index in [0.717, 1.165) is 35.9 Å². The van der Waals surface area contributed by atoms with Crippen LogP contribution in [0.3, 0.4) is 0 Å². The van der Waals surface area contributed by atoms with Crippen LogP contribution in [0, 0.1) is 6.92 Å². The van der Waals surface area contributed by atoms with Crippen LogP contribution in [0.25, 0.3) is 0 Å². The van der Waals surface area contributed by atoms with E-state index in [2.05, 4.69) is 26.7 Å². The van der Waals surface area contributed by atoms with Crippen molar-refractivity contribution in [2.75, 3.05) is 6.54 Å². The molecule has 0 spiro atoms. The van der Waals surface area contributed by atoms with Crippen molar-refractivity contribution in [2.45, 2.75) is 19.9 Å². The molecule has 84 valence electrons. The van der Waals surface area contributed by atoms with Crippen molar-refractivity contribution in [3.63, 3.8) is 0 Å². The maximum atomic E-state index is 4.40. The molecule has 0 bridgehead atoms. The molecule has 16 heavy (non-hydrogen) atoms. The third-order valence-corrected chi connectivity index (χ3v) is 3.08. The van der Waals surface area contributed by atoms with Crippen molar-refractivity contribution >= 4 is 11.3 Å². The van der Waals surface area contributed by atoms with E-state index in [4.69, 9.17) is 0 Å². The lowest BCUT2D eigenvalue weighted by Crippen LogP contribution is -2.17. The first-order valence-corrected chi connectivity index (χ1v) is 6.24. The van der Waals surface area contributed by atoms with E-state index in [1.807, 2.05) is 25.3 Å². The molecule has 0 radical (unpaired) electrons. The van der Waals surface area contributed by atoms with Crippen LogP contribution in [-0.4, -0.2) is 16.5 Å². The molecular weight excluding hydrogens is 218 g/mol. The number of aromatic nitrogens is 2. The fourth-order valence-corrected chi connectivity index (χ4v) is 2.08. The minimum atomic E-state index is 0.844. The van der Waals surface area contributed by atoms with Crippen molar-refractivity contribution in [1.82, 2.24) is 15.3 Å². The lowest BCUT2D eigenvalue weighted by atomic mass is 10.3. The minimum Gasteiger partial charge on any atom is -0.311 e. The highest BCUT2D eigenvalue weighted by Gasteiger charge is 1.97. The summed E-state index contributed by atoms with van der Waals surface area (Å²) in [5.74, 6) is 0. The average Bonchev–Trinajstić information content (AvgIpc) is 2.72. The summed E-state index contributed by atoms with van der Waals surface area (Å²) in [5.41, 5.74) is 2.26. The first-order valence-electron chi connectivity index (χ1n) is 5.36. The van der Waals surface area contributed by atoms with Gasteiger partial charge in [0.15, 0.2) is 0 Å². The quantitative estimate of drug-likeness (QED) is 0.804. The number of pyridine rings is 1. The van der Waals surface area contributed by atoms with Crippen molar-refractivity contribution in [2.24, 2.45) is 0 Å². The highest BCUT2D eigenvalue weighted by Crippen LogP contribution is 2.07. The summed E-state index contributed by atoms with van der Waals surface area (Å²) in [7, 11) is 0. The van der Waals surface area contributed by atoms with Gasteiger partial charge in [-0.2, -0.15) is 0 Å². The Balaban J connectivity index is 1.69. The van der Waals surface area contributed by atoms with E-state index in [-0.39, 0.29) is 0 Å².